The number of nitrogens with zero attached hydrogens (tertiary/aromatic N) is 3. The van der Waals surface area contributed by atoms with E-state index in [2.05, 4.69) is 15.4 Å². The molecule has 1 N–H and O–H groups in total. The number of Topliss-reactive ketones (excluding diaryl/α,β-unsaturated/α-hetero) is 1. The molecule has 1 amide bonds. The van der Waals surface area contributed by atoms with Crippen LogP contribution >= 0.6 is 11.3 Å². The number of rotatable bonds is 5. The molecule has 2 aromatic heterocycles. The van der Waals surface area contributed by atoms with Gasteiger partial charge in [-0.2, -0.15) is 5.10 Å². The van der Waals surface area contributed by atoms with Gasteiger partial charge in [-0.3, -0.25) is 14.9 Å². The zero-order valence-electron chi connectivity index (χ0n) is 15.3. The minimum atomic E-state index is -0.497. The first kappa shape index (κ1) is 18.7. The van der Waals surface area contributed by atoms with Crippen molar-refractivity contribution in [2.24, 2.45) is 0 Å². The first-order valence-electron chi connectivity index (χ1n) is 8.72. The highest BCUT2D eigenvalue weighted by atomic mass is 32.1. The van der Waals surface area contributed by atoms with Gasteiger partial charge >= 0.3 is 0 Å². The summed E-state index contributed by atoms with van der Waals surface area (Å²) in [7, 11) is 0. The van der Waals surface area contributed by atoms with Crippen molar-refractivity contribution in [3.63, 3.8) is 0 Å². The average Bonchev–Trinajstić information content (AvgIpc) is 3.37. The van der Waals surface area contributed by atoms with Crippen LogP contribution in [0.15, 0.2) is 66.9 Å². The van der Waals surface area contributed by atoms with E-state index in [-0.39, 0.29) is 17.2 Å². The molecule has 0 aliphatic carbocycles. The van der Waals surface area contributed by atoms with E-state index in [1.807, 2.05) is 30.3 Å². The predicted molar refractivity (Wildman–Crippen MR) is 109 cm³/mol. The molecule has 144 valence electrons. The Morgan fingerprint density at radius 1 is 1.03 bits per heavy atom. The number of aromatic nitrogens is 3. The molecule has 2 heterocycles. The number of carbonyl (C=O) groups excluding carboxylic acids is 2. The molecule has 0 aliphatic rings. The summed E-state index contributed by atoms with van der Waals surface area (Å²) in [6.45, 7) is 1.46. The van der Waals surface area contributed by atoms with E-state index in [9.17, 15) is 14.0 Å². The Bertz CT molecular complexity index is 1200. The highest BCUT2D eigenvalue weighted by Gasteiger charge is 2.19. The van der Waals surface area contributed by atoms with Crippen molar-refractivity contribution in [2.75, 3.05) is 5.32 Å². The zero-order valence-corrected chi connectivity index (χ0v) is 16.1. The number of anilines is 1. The number of amides is 1. The summed E-state index contributed by atoms with van der Waals surface area (Å²) < 4.78 is 15.2. The van der Waals surface area contributed by atoms with Gasteiger partial charge < -0.3 is 0 Å². The first-order chi connectivity index (χ1) is 14.0. The van der Waals surface area contributed by atoms with Crippen LogP contribution in [0.25, 0.3) is 16.9 Å². The number of benzene rings is 2. The quantitative estimate of drug-likeness (QED) is 0.492. The van der Waals surface area contributed by atoms with Gasteiger partial charge in [-0.05, 0) is 18.2 Å². The second kappa shape index (κ2) is 7.76. The molecular weight excluding hydrogens is 391 g/mol. The van der Waals surface area contributed by atoms with Crippen LogP contribution in [0, 0.1) is 5.82 Å². The summed E-state index contributed by atoms with van der Waals surface area (Å²) in [6, 6.07) is 16.9. The molecule has 0 saturated heterocycles. The average molecular weight is 406 g/mol. The Morgan fingerprint density at radius 2 is 1.76 bits per heavy atom. The number of thiazole rings is 1. The highest BCUT2D eigenvalue weighted by molar-refractivity contribution is 7.18. The van der Waals surface area contributed by atoms with Gasteiger partial charge in [0.1, 0.15) is 11.5 Å². The second-order valence-corrected chi connectivity index (χ2v) is 7.17. The van der Waals surface area contributed by atoms with E-state index in [1.165, 1.54) is 29.9 Å². The molecule has 8 heteroatoms. The van der Waals surface area contributed by atoms with E-state index in [0.717, 1.165) is 16.9 Å². The first-order valence-corrected chi connectivity index (χ1v) is 9.53. The van der Waals surface area contributed by atoms with Gasteiger partial charge in [0.05, 0.1) is 10.6 Å². The maximum absolute atomic E-state index is 13.9. The number of ketones is 1. The third-order valence-corrected chi connectivity index (χ3v) is 5.21. The summed E-state index contributed by atoms with van der Waals surface area (Å²) in [4.78, 5) is 29.5. The fourth-order valence-corrected chi connectivity index (χ4v) is 3.66. The Labute approximate surface area is 169 Å². The van der Waals surface area contributed by atoms with Gasteiger partial charge in [0.25, 0.3) is 5.91 Å². The number of carbonyl (C=O) groups is 2. The molecule has 2 aromatic carbocycles. The van der Waals surface area contributed by atoms with Crippen molar-refractivity contribution in [3.05, 3.63) is 83.2 Å². The van der Waals surface area contributed by atoms with Gasteiger partial charge in [0, 0.05) is 18.7 Å². The lowest BCUT2D eigenvalue weighted by molar-refractivity contribution is 0.101. The van der Waals surface area contributed by atoms with Crippen molar-refractivity contribution in [2.45, 2.75) is 6.92 Å². The molecule has 0 saturated carbocycles. The maximum atomic E-state index is 13.9. The lowest BCUT2D eigenvalue weighted by atomic mass is 10.1. The van der Waals surface area contributed by atoms with E-state index >= 15 is 0 Å². The molecule has 0 spiro atoms. The second-order valence-electron chi connectivity index (χ2n) is 6.17. The standard InChI is InChI=1S/C21H15FN4O2S/c1-13(27)19-18(14-7-3-2-4-8-14)23-21(29-19)24-20(28)16-11-12-26(25-16)17-10-6-5-9-15(17)22/h2-12H,1H3,(H,23,24,28). The number of para-hydroxylation sites is 1. The van der Waals surface area contributed by atoms with Crippen LogP contribution in [0.4, 0.5) is 9.52 Å². The Hall–Kier alpha value is -3.65. The zero-order chi connectivity index (χ0) is 20.4. The summed E-state index contributed by atoms with van der Waals surface area (Å²) >= 11 is 1.10. The van der Waals surface area contributed by atoms with Crippen LogP contribution in [0.3, 0.4) is 0 Å². The van der Waals surface area contributed by atoms with Crippen LogP contribution in [-0.4, -0.2) is 26.5 Å². The molecule has 0 unspecified atom stereocenters. The topological polar surface area (TPSA) is 76.9 Å². The van der Waals surface area contributed by atoms with Crippen LogP contribution in [0.2, 0.25) is 0 Å². The van der Waals surface area contributed by atoms with Crippen molar-refractivity contribution >= 4 is 28.2 Å². The lowest BCUT2D eigenvalue weighted by Crippen LogP contribution is -2.13. The van der Waals surface area contributed by atoms with Crippen molar-refractivity contribution in [1.29, 1.82) is 0 Å². The van der Waals surface area contributed by atoms with Gasteiger partial charge in [0.15, 0.2) is 16.6 Å². The van der Waals surface area contributed by atoms with E-state index in [4.69, 9.17) is 0 Å². The monoisotopic (exact) mass is 406 g/mol. The Kier molecular flexibility index (Phi) is 5.01. The predicted octanol–water partition coefficient (Wildman–Crippen LogP) is 4.59. The van der Waals surface area contributed by atoms with E-state index in [1.54, 1.807) is 18.2 Å². The smallest absolute Gasteiger partial charge is 0.277 e. The van der Waals surface area contributed by atoms with E-state index < -0.39 is 11.7 Å². The molecule has 4 rings (SSSR count). The fraction of sp³-hybridized carbons (Fsp3) is 0.0476. The molecule has 4 aromatic rings. The number of hydrogen-bond acceptors (Lipinski definition) is 5. The number of hydrogen-bond donors (Lipinski definition) is 1. The molecule has 0 fully saturated rings. The van der Waals surface area contributed by atoms with Crippen LogP contribution in [-0.2, 0) is 0 Å². The largest absolute Gasteiger partial charge is 0.296 e. The molecule has 0 aliphatic heterocycles. The summed E-state index contributed by atoms with van der Waals surface area (Å²) in [6.07, 6.45) is 1.51. The number of halogens is 1. The highest BCUT2D eigenvalue weighted by Crippen LogP contribution is 2.31. The Morgan fingerprint density at radius 3 is 2.48 bits per heavy atom. The summed E-state index contributed by atoms with van der Waals surface area (Å²) in [5.41, 5.74) is 1.66. The van der Waals surface area contributed by atoms with Crippen LogP contribution < -0.4 is 5.32 Å². The SMILES string of the molecule is CC(=O)c1sc(NC(=O)c2ccn(-c3ccccc3F)n2)nc1-c1ccccc1. The van der Waals surface area contributed by atoms with Gasteiger partial charge in [0.2, 0.25) is 0 Å². The minimum absolute atomic E-state index is 0.106. The van der Waals surface area contributed by atoms with E-state index in [0.29, 0.717) is 15.7 Å². The van der Waals surface area contributed by atoms with Crippen LogP contribution in [0.1, 0.15) is 27.1 Å². The maximum Gasteiger partial charge on any atom is 0.277 e. The molecule has 6 nitrogen and oxygen atoms in total. The fourth-order valence-electron chi connectivity index (χ4n) is 2.78. The van der Waals surface area contributed by atoms with Crippen molar-refractivity contribution in [3.8, 4) is 16.9 Å². The lowest BCUT2D eigenvalue weighted by Gasteiger charge is -2.02. The Balaban J connectivity index is 1.60. The molecule has 0 bridgehead atoms. The minimum Gasteiger partial charge on any atom is -0.296 e. The summed E-state index contributed by atoms with van der Waals surface area (Å²) in [5.74, 6) is -1.07. The van der Waals surface area contributed by atoms with Gasteiger partial charge in [-0.25, -0.2) is 14.1 Å². The number of nitrogens with one attached hydrogen (secondary N) is 1. The van der Waals surface area contributed by atoms with Gasteiger partial charge in [-0.15, -0.1) is 0 Å². The molecule has 29 heavy (non-hydrogen) atoms. The third kappa shape index (κ3) is 3.83. The third-order valence-electron chi connectivity index (χ3n) is 4.14. The molecular formula is C21H15FN4O2S. The summed E-state index contributed by atoms with van der Waals surface area (Å²) in [5, 5.41) is 7.10. The van der Waals surface area contributed by atoms with Crippen molar-refractivity contribution in [1.82, 2.24) is 14.8 Å². The molecule has 0 radical (unpaired) electrons. The van der Waals surface area contributed by atoms with Gasteiger partial charge in [-0.1, -0.05) is 53.8 Å². The van der Waals surface area contributed by atoms with Crippen LogP contribution in [0.5, 0.6) is 0 Å². The molecule has 0 atom stereocenters. The normalized spacial score (nSPS) is 10.7. The van der Waals surface area contributed by atoms with Crippen molar-refractivity contribution < 1.29 is 14.0 Å².